The summed E-state index contributed by atoms with van der Waals surface area (Å²) in [5, 5.41) is 8.07. The molecule has 4 aromatic carbocycles. The molecule has 2 atom stereocenters. The molecule has 4 saturated heterocycles. The van der Waals surface area contributed by atoms with Crippen molar-refractivity contribution in [1.82, 2.24) is 30.7 Å². The lowest BCUT2D eigenvalue weighted by Gasteiger charge is -2.32. The molecule has 3 N–H and O–H groups in total. The summed E-state index contributed by atoms with van der Waals surface area (Å²) >= 11 is 0. The van der Waals surface area contributed by atoms with Crippen molar-refractivity contribution in [2.75, 3.05) is 26.2 Å². The molecule has 70 heavy (non-hydrogen) atoms. The van der Waals surface area contributed by atoms with E-state index in [-0.39, 0.29) is 75.5 Å². The van der Waals surface area contributed by atoms with E-state index in [9.17, 15) is 33.6 Å². The minimum Gasteiger partial charge on any atom is -0.322 e. The average Bonchev–Trinajstić information content (AvgIpc) is 3.81. The molecule has 6 heterocycles. The first-order valence-corrected chi connectivity index (χ1v) is 23.8. The molecule has 2 unspecified atom stereocenters. The molecule has 10 rings (SSSR count). The molecule has 6 aliphatic heterocycles. The van der Waals surface area contributed by atoms with Crippen LogP contribution in [-0.2, 0) is 38.8 Å². The molecule has 0 bridgehead atoms. The first kappa shape index (κ1) is 54.9. The monoisotopic (exact) mass is 975 g/mol. The van der Waals surface area contributed by atoms with Crippen LogP contribution in [0.1, 0.15) is 159 Å². The van der Waals surface area contributed by atoms with Crippen molar-refractivity contribution in [2.24, 2.45) is 0 Å². The van der Waals surface area contributed by atoms with E-state index >= 15 is 0 Å². The number of fused-ring (bicyclic) bond motifs is 2. The third-order valence-corrected chi connectivity index (χ3v) is 14.0. The standard InChI is InChI=1S/C27H31N3O3.C18H21N3O3.C9H10O.2CH4.ClH/c1-17-11-18(2)13-19(12-17)15-29-9-7-20(8-10-29)21-3-4-23-22(14-21)16-30(27(23)33)24-5-6-25(31)28-26(24)32;22-16-4-3-15(17(23)20-16)21-10-13-9-12(1-2-14(13)18(21)24)11-5-7-19-8-6-11;1-7-3-8(2)5-9(4-7)6-10;;;/h3-4,11-14,20,24H,5-10,15-16H2,1-2H3,(H,28,31,32);1-2,9,11,15,19H,3-8,10H2,(H,20,22,23);3-6H,1-2H3;2*1H4;1H. The number of halogens is 1. The zero-order valence-corrected chi connectivity index (χ0v) is 40.3. The normalized spacial score (nSPS) is 20.2. The van der Waals surface area contributed by atoms with Gasteiger partial charge in [0.1, 0.15) is 18.4 Å². The van der Waals surface area contributed by atoms with E-state index in [0.29, 0.717) is 48.9 Å². The number of hydrogen-bond acceptors (Lipinski definition) is 9. The van der Waals surface area contributed by atoms with Gasteiger partial charge in [-0.2, -0.15) is 0 Å². The van der Waals surface area contributed by atoms with Crippen LogP contribution >= 0.6 is 12.4 Å². The van der Waals surface area contributed by atoms with E-state index in [1.54, 1.807) is 9.80 Å². The van der Waals surface area contributed by atoms with E-state index in [4.69, 9.17) is 0 Å². The van der Waals surface area contributed by atoms with Crippen LogP contribution in [0.25, 0.3) is 0 Å². The molecule has 0 aromatic heterocycles. The summed E-state index contributed by atoms with van der Waals surface area (Å²) in [5.74, 6) is -0.400. The Morgan fingerprint density at radius 1 is 0.557 bits per heavy atom. The zero-order chi connectivity index (χ0) is 47.4. The number of amides is 6. The van der Waals surface area contributed by atoms with Crippen molar-refractivity contribution >= 4 is 54.1 Å². The van der Waals surface area contributed by atoms with Crippen molar-refractivity contribution in [3.63, 3.8) is 0 Å². The smallest absolute Gasteiger partial charge is 0.255 e. The van der Waals surface area contributed by atoms with Crippen LogP contribution in [0.4, 0.5) is 0 Å². The highest BCUT2D eigenvalue weighted by Gasteiger charge is 2.41. The number of aldehydes is 1. The second-order valence-electron chi connectivity index (χ2n) is 19.2. The molecule has 0 aliphatic carbocycles. The summed E-state index contributed by atoms with van der Waals surface area (Å²) in [6.07, 6.45) is 6.69. The predicted octanol–water partition coefficient (Wildman–Crippen LogP) is 8.17. The highest BCUT2D eigenvalue weighted by Crippen LogP contribution is 2.35. The summed E-state index contributed by atoms with van der Waals surface area (Å²) in [5.41, 5.74) is 13.0. The number of hydrogen-bond donors (Lipinski definition) is 3. The molecule has 0 spiro atoms. The highest BCUT2D eigenvalue weighted by molar-refractivity contribution is 6.06. The van der Waals surface area contributed by atoms with Gasteiger partial charge in [-0.3, -0.25) is 49.1 Å². The van der Waals surface area contributed by atoms with Crippen LogP contribution in [0.5, 0.6) is 0 Å². The second-order valence-corrected chi connectivity index (χ2v) is 19.2. The minimum atomic E-state index is -0.556. The summed E-state index contributed by atoms with van der Waals surface area (Å²) in [6.45, 7) is 14.4. The van der Waals surface area contributed by atoms with Crippen molar-refractivity contribution in [2.45, 2.75) is 137 Å². The number of nitrogens with zero attached hydrogens (tertiary/aromatic N) is 3. The fourth-order valence-electron chi connectivity index (χ4n) is 10.8. The maximum atomic E-state index is 12.9. The van der Waals surface area contributed by atoms with Gasteiger partial charge in [0.15, 0.2) is 0 Å². The SMILES string of the molecule is C.C.Cc1cc(C)cc(C=O)c1.Cc1cc(C)cc(CN2CCC(c3ccc4c(c3)CN(C3CCC(=O)NC3=O)C4=O)CC2)c1.Cl.O=C1CCC(N2Cc3cc(C4CCNCC4)ccc3C2=O)C(=O)N1. The maximum absolute atomic E-state index is 12.9. The fourth-order valence-corrected chi connectivity index (χ4v) is 10.8. The number of likely N-dealkylation sites (tertiary alicyclic amines) is 1. The second kappa shape index (κ2) is 24.2. The van der Waals surface area contributed by atoms with E-state index < -0.39 is 12.1 Å². The summed E-state index contributed by atoms with van der Waals surface area (Å²) in [4.78, 5) is 88.8. The third kappa shape index (κ3) is 12.8. The Balaban J connectivity index is 0.000000216. The Labute approximate surface area is 419 Å². The quantitative estimate of drug-likeness (QED) is 0.122. The van der Waals surface area contributed by atoms with Crippen molar-refractivity contribution in [3.8, 4) is 0 Å². The molecule has 14 heteroatoms. The Morgan fingerprint density at radius 3 is 1.41 bits per heavy atom. The molecule has 374 valence electrons. The van der Waals surface area contributed by atoms with Gasteiger partial charge in [-0.05, 0) is 156 Å². The number of carbonyl (C=O) groups excluding carboxylic acids is 7. The number of nitrogens with one attached hydrogen (secondary N) is 3. The van der Waals surface area contributed by atoms with Crippen molar-refractivity contribution in [3.05, 3.63) is 140 Å². The lowest BCUT2D eigenvalue weighted by atomic mass is 9.87. The molecule has 4 fully saturated rings. The number of rotatable bonds is 7. The number of aryl methyl sites for hydroxylation is 4. The van der Waals surface area contributed by atoms with Gasteiger partial charge in [-0.1, -0.05) is 85.6 Å². The van der Waals surface area contributed by atoms with Crippen LogP contribution in [0.2, 0.25) is 0 Å². The van der Waals surface area contributed by atoms with Crippen LogP contribution in [-0.4, -0.2) is 94.7 Å². The number of carbonyl (C=O) groups is 7. The van der Waals surface area contributed by atoms with Gasteiger partial charge in [-0.15, -0.1) is 12.4 Å². The van der Waals surface area contributed by atoms with Gasteiger partial charge in [0.05, 0.1) is 0 Å². The molecule has 0 saturated carbocycles. The van der Waals surface area contributed by atoms with Crippen LogP contribution in [0.15, 0.2) is 72.8 Å². The first-order valence-electron chi connectivity index (χ1n) is 23.8. The van der Waals surface area contributed by atoms with Gasteiger partial charge < -0.3 is 15.1 Å². The Kier molecular flexibility index (Phi) is 19.0. The number of imide groups is 2. The van der Waals surface area contributed by atoms with Gasteiger partial charge in [0.25, 0.3) is 11.8 Å². The van der Waals surface area contributed by atoms with E-state index in [1.807, 2.05) is 44.2 Å². The fraction of sp³-hybridized carbons (Fsp3) is 0.446. The highest BCUT2D eigenvalue weighted by atomic mass is 35.5. The van der Waals surface area contributed by atoms with Gasteiger partial charge in [0.2, 0.25) is 23.6 Å². The van der Waals surface area contributed by atoms with Crippen LogP contribution < -0.4 is 16.0 Å². The lowest BCUT2D eigenvalue weighted by Crippen LogP contribution is -2.52. The van der Waals surface area contributed by atoms with Crippen molar-refractivity contribution in [1.29, 1.82) is 0 Å². The molecule has 6 aliphatic rings. The first-order chi connectivity index (χ1) is 32.2. The van der Waals surface area contributed by atoms with Gasteiger partial charge in [-0.25, -0.2) is 0 Å². The summed E-state index contributed by atoms with van der Waals surface area (Å²) in [7, 11) is 0. The predicted molar refractivity (Wildman–Crippen MR) is 275 cm³/mol. The Morgan fingerprint density at radius 2 is 0.986 bits per heavy atom. The Bertz CT molecular complexity index is 2560. The topological polar surface area (TPSA) is 165 Å². The minimum absolute atomic E-state index is 0. The summed E-state index contributed by atoms with van der Waals surface area (Å²) < 4.78 is 0. The van der Waals surface area contributed by atoms with Gasteiger partial charge in [0, 0.05) is 49.2 Å². The molecule has 0 radical (unpaired) electrons. The molecular weight excluding hydrogens is 904 g/mol. The van der Waals surface area contributed by atoms with E-state index in [2.05, 4.69) is 77.2 Å². The number of benzene rings is 4. The van der Waals surface area contributed by atoms with E-state index in [1.165, 1.54) is 27.8 Å². The largest absolute Gasteiger partial charge is 0.322 e. The number of piperidine rings is 4. The molecular formula is C56H71ClN6O7. The molecule has 6 amide bonds. The van der Waals surface area contributed by atoms with Crippen molar-refractivity contribution < 1.29 is 33.6 Å². The zero-order valence-electron chi connectivity index (χ0n) is 39.5. The summed E-state index contributed by atoms with van der Waals surface area (Å²) in [6, 6.07) is 23.8. The van der Waals surface area contributed by atoms with E-state index in [0.717, 1.165) is 92.5 Å². The van der Waals surface area contributed by atoms with Gasteiger partial charge >= 0.3 is 0 Å². The third-order valence-electron chi connectivity index (χ3n) is 14.0. The Hall–Kier alpha value is -6.02. The maximum Gasteiger partial charge on any atom is 0.255 e. The van der Waals surface area contributed by atoms with Crippen LogP contribution in [0.3, 0.4) is 0 Å². The lowest BCUT2D eigenvalue weighted by molar-refractivity contribution is -0.138. The molecule has 4 aromatic rings. The average molecular weight is 976 g/mol. The van der Waals surface area contributed by atoms with Crippen LogP contribution in [0, 0.1) is 27.7 Å². The molecule has 13 nitrogen and oxygen atoms in total.